The molecular weight excluding hydrogens is 380 g/mol. The van der Waals surface area contributed by atoms with Crippen molar-refractivity contribution >= 4 is 29.6 Å². The molecule has 0 unspecified atom stereocenters. The molecule has 30 heavy (non-hydrogen) atoms. The number of hydrogen-bond donors (Lipinski definition) is 1. The van der Waals surface area contributed by atoms with Crippen LogP contribution in [0, 0.1) is 0 Å². The van der Waals surface area contributed by atoms with Gasteiger partial charge in [0.25, 0.3) is 0 Å². The van der Waals surface area contributed by atoms with Gasteiger partial charge in [-0.25, -0.2) is 4.79 Å². The Morgan fingerprint density at radius 2 is 1.87 bits per heavy atom. The molecule has 0 fully saturated rings. The van der Waals surface area contributed by atoms with E-state index in [0.29, 0.717) is 36.4 Å². The molecule has 6 heteroatoms. The molecular formula is C24H26N2O4. The number of rotatable bonds is 10. The topological polar surface area (TPSA) is 84.8 Å². The standard InChI is InChI=1S/C24H26N2O4/c1-3-30-24(29)26-21-8-4-6-18(16-21)7-5-9-22(28)14-15-23(25-2)20-12-10-19(17-27)11-13-20/h4,6,8,10-17H,3,5,7,9H2,1-2H3,(H,26,29)/b15-14-,25-23?. The zero-order chi connectivity index (χ0) is 21.8. The number of carbonyl (C=O) groups excluding carboxylic acids is 3. The van der Waals surface area contributed by atoms with E-state index in [-0.39, 0.29) is 5.78 Å². The molecule has 0 aliphatic carbocycles. The van der Waals surface area contributed by atoms with E-state index < -0.39 is 6.09 Å². The number of ketones is 1. The zero-order valence-electron chi connectivity index (χ0n) is 17.3. The summed E-state index contributed by atoms with van der Waals surface area (Å²) in [5.41, 5.74) is 3.82. The summed E-state index contributed by atoms with van der Waals surface area (Å²) in [5.74, 6) is 0.0152. The van der Waals surface area contributed by atoms with Gasteiger partial charge in [-0.1, -0.05) is 36.4 Å². The lowest BCUT2D eigenvalue weighted by atomic mass is 10.0. The molecule has 0 saturated heterocycles. The number of nitrogens with one attached hydrogen (secondary N) is 1. The molecule has 0 aliphatic heterocycles. The maximum absolute atomic E-state index is 12.2. The number of allylic oxidation sites excluding steroid dienone is 2. The number of anilines is 1. The summed E-state index contributed by atoms with van der Waals surface area (Å²) in [5, 5.41) is 2.67. The van der Waals surface area contributed by atoms with E-state index in [1.54, 1.807) is 50.4 Å². The van der Waals surface area contributed by atoms with Gasteiger partial charge >= 0.3 is 6.09 Å². The number of hydrogen-bond acceptors (Lipinski definition) is 5. The van der Waals surface area contributed by atoms with Crippen LogP contribution in [-0.4, -0.2) is 37.5 Å². The van der Waals surface area contributed by atoms with Crippen LogP contribution in [0.2, 0.25) is 0 Å². The Labute approximate surface area is 176 Å². The molecule has 0 spiro atoms. The Balaban J connectivity index is 1.85. The Morgan fingerprint density at radius 1 is 1.10 bits per heavy atom. The predicted molar refractivity (Wildman–Crippen MR) is 118 cm³/mol. The number of aryl methyl sites for hydroxylation is 1. The Bertz CT molecular complexity index is 930. The van der Waals surface area contributed by atoms with E-state index in [1.807, 2.05) is 18.2 Å². The minimum Gasteiger partial charge on any atom is -0.450 e. The van der Waals surface area contributed by atoms with Crippen LogP contribution in [-0.2, 0) is 16.0 Å². The van der Waals surface area contributed by atoms with E-state index in [2.05, 4.69) is 10.3 Å². The van der Waals surface area contributed by atoms with Crippen molar-refractivity contribution in [2.24, 2.45) is 4.99 Å². The number of amides is 1. The van der Waals surface area contributed by atoms with Gasteiger partial charge < -0.3 is 4.74 Å². The fourth-order valence-corrected chi connectivity index (χ4v) is 2.84. The average Bonchev–Trinajstić information content (AvgIpc) is 2.75. The highest BCUT2D eigenvalue weighted by molar-refractivity contribution is 6.11. The third-order valence-electron chi connectivity index (χ3n) is 4.35. The van der Waals surface area contributed by atoms with Crippen molar-refractivity contribution in [1.82, 2.24) is 0 Å². The van der Waals surface area contributed by atoms with Gasteiger partial charge in [-0.2, -0.15) is 0 Å². The predicted octanol–water partition coefficient (Wildman–Crippen LogP) is 4.63. The first kappa shape index (κ1) is 22.7. The van der Waals surface area contributed by atoms with E-state index in [1.165, 1.54) is 6.08 Å². The van der Waals surface area contributed by atoms with E-state index in [4.69, 9.17) is 4.74 Å². The van der Waals surface area contributed by atoms with Gasteiger partial charge in [0.2, 0.25) is 0 Å². The minimum absolute atomic E-state index is 0.0152. The molecule has 0 atom stereocenters. The van der Waals surface area contributed by atoms with Crippen LogP contribution in [0.4, 0.5) is 10.5 Å². The Hall–Kier alpha value is -3.54. The van der Waals surface area contributed by atoms with Gasteiger partial charge in [0.05, 0.1) is 12.3 Å². The monoisotopic (exact) mass is 406 g/mol. The first-order valence-electron chi connectivity index (χ1n) is 9.81. The normalized spacial score (nSPS) is 11.3. The lowest BCUT2D eigenvalue weighted by Gasteiger charge is -2.07. The molecule has 1 amide bonds. The fraction of sp³-hybridized carbons (Fsp3) is 0.250. The van der Waals surface area contributed by atoms with E-state index in [0.717, 1.165) is 23.8 Å². The Morgan fingerprint density at radius 3 is 2.53 bits per heavy atom. The highest BCUT2D eigenvalue weighted by Crippen LogP contribution is 2.14. The maximum Gasteiger partial charge on any atom is 0.411 e. The molecule has 156 valence electrons. The number of nitrogens with zero attached hydrogens (tertiary/aromatic N) is 1. The summed E-state index contributed by atoms with van der Waals surface area (Å²) < 4.78 is 4.87. The second kappa shape index (κ2) is 12.1. The first-order valence-corrected chi connectivity index (χ1v) is 9.81. The maximum atomic E-state index is 12.2. The fourth-order valence-electron chi connectivity index (χ4n) is 2.84. The second-order valence-corrected chi connectivity index (χ2v) is 6.55. The summed E-state index contributed by atoms with van der Waals surface area (Å²) in [4.78, 5) is 38.7. The number of carbonyl (C=O) groups is 3. The highest BCUT2D eigenvalue weighted by atomic mass is 16.5. The number of aldehydes is 1. The van der Waals surface area contributed by atoms with Crippen molar-refractivity contribution < 1.29 is 19.1 Å². The molecule has 0 aromatic heterocycles. The van der Waals surface area contributed by atoms with Crippen molar-refractivity contribution in [3.63, 3.8) is 0 Å². The molecule has 1 N–H and O–H groups in total. The van der Waals surface area contributed by atoms with Crippen LogP contribution in [0.5, 0.6) is 0 Å². The average molecular weight is 406 g/mol. The Kier molecular flexibility index (Phi) is 9.18. The zero-order valence-corrected chi connectivity index (χ0v) is 17.3. The summed E-state index contributed by atoms with van der Waals surface area (Å²) in [6.45, 7) is 2.07. The van der Waals surface area contributed by atoms with Crippen LogP contribution in [0.15, 0.2) is 65.7 Å². The van der Waals surface area contributed by atoms with E-state index in [9.17, 15) is 14.4 Å². The molecule has 0 radical (unpaired) electrons. The van der Waals surface area contributed by atoms with Gasteiger partial charge in [-0.15, -0.1) is 0 Å². The second-order valence-electron chi connectivity index (χ2n) is 6.55. The van der Waals surface area contributed by atoms with Gasteiger partial charge in [-0.3, -0.25) is 19.9 Å². The molecule has 6 nitrogen and oxygen atoms in total. The molecule has 2 aromatic rings. The van der Waals surface area contributed by atoms with Crippen molar-refractivity contribution in [1.29, 1.82) is 0 Å². The summed E-state index contributed by atoms with van der Waals surface area (Å²) >= 11 is 0. The van der Waals surface area contributed by atoms with Crippen molar-refractivity contribution in [2.75, 3.05) is 19.0 Å². The minimum atomic E-state index is -0.482. The van der Waals surface area contributed by atoms with Gasteiger partial charge in [0.1, 0.15) is 6.29 Å². The summed E-state index contributed by atoms with van der Waals surface area (Å²) in [7, 11) is 1.66. The quantitative estimate of drug-likeness (QED) is 0.354. The van der Waals surface area contributed by atoms with Crippen LogP contribution < -0.4 is 5.32 Å². The summed E-state index contributed by atoms with van der Waals surface area (Å²) in [6.07, 6.45) is 5.36. The van der Waals surface area contributed by atoms with Crippen LogP contribution in [0.25, 0.3) is 0 Å². The van der Waals surface area contributed by atoms with Crippen molar-refractivity contribution in [2.45, 2.75) is 26.2 Å². The smallest absolute Gasteiger partial charge is 0.411 e. The van der Waals surface area contributed by atoms with E-state index >= 15 is 0 Å². The SMILES string of the molecule is CCOC(=O)Nc1cccc(CCCC(=O)/C=C\C(=NC)c2ccc(C=O)cc2)c1. The third kappa shape index (κ3) is 7.47. The lowest BCUT2D eigenvalue weighted by Crippen LogP contribution is -2.13. The van der Waals surface area contributed by atoms with Gasteiger partial charge in [0.15, 0.2) is 5.78 Å². The first-order chi connectivity index (χ1) is 14.5. The van der Waals surface area contributed by atoms with Crippen LogP contribution in [0.1, 0.15) is 41.3 Å². The number of benzene rings is 2. The van der Waals surface area contributed by atoms with Crippen LogP contribution >= 0.6 is 0 Å². The van der Waals surface area contributed by atoms with Gasteiger partial charge in [-0.05, 0) is 55.2 Å². The highest BCUT2D eigenvalue weighted by Gasteiger charge is 2.05. The largest absolute Gasteiger partial charge is 0.450 e. The summed E-state index contributed by atoms with van der Waals surface area (Å²) in [6, 6.07) is 14.5. The number of ether oxygens (including phenoxy) is 1. The van der Waals surface area contributed by atoms with Crippen LogP contribution in [0.3, 0.4) is 0 Å². The molecule has 0 heterocycles. The molecule has 0 bridgehead atoms. The third-order valence-corrected chi connectivity index (χ3v) is 4.35. The molecule has 2 aromatic carbocycles. The number of aliphatic imine (C=N–C) groups is 1. The molecule has 0 aliphatic rings. The van der Waals surface area contributed by atoms with Gasteiger partial charge in [0, 0.05) is 24.7 Å². The van der Waals surface area contributed by atoms with Crippen molar-refractivity contribution in [3.05, 3.63) is 77.4 Å². The van der Waals surface area contributed by atoms with Crippen molar-refractivity contribution in [3.8, 4) is 0 Å². The molecule has 0 saturated carbocycles. The lowest BCUT2D eigenvalue weighted by molar-refractivity contribution is -0.114. The molecule has 2 rings (SSSR count).